The van der Waals surface area contributed by atoms with Gasteiger partial charge >= 0.3 is 12.0 Å². The van der Waals surface area contributed by atoms with E-state index < -0.39 is 18.0 Å². The van der Waals surface area contributed by atoms with Crippen LogP contribution in [0.15, 0.2) is 0 Å². The molecule has 3 N–H and O–H groups in total. The lowest BCUT2D eigenvalue weighted by Crippen LogP contribution is -2.39. The minimum Gasteiger partial charge on any atom is -0.480 e. The maximum atomic E-state index is 11.6. The molecule has 0 radical (unpaired) electrons. The van der Waals surface area contributed by atoms with Crippen LogP contribution in [0, 0.1) is 0 Å². The Morgan fingerprint density at radius 2 is 2.33 bits per heavy atom. The standard InChI is InChI=1S/C9H13N3O5S/c13-5-11-6(8(15)16)3-18-4-7(14)12-2-1-10-9(12)17/h5-6H,1-4H2,(H,10,17)(H,11,13)(H,15,16). The molecule has 0 spiro atoms. The molecule has 8 nitrogen and oxygen atoms in total. The van der Waals surface area contributed by atoms with Crippen molar-refractivity contribution in [1.82, 2.24) is 15.5 Å². The predicted octanol–water partition coefficient (Wildman–Crippen LogP) is -1.53. The molecular weight excluding hydrogens is 262 g/mol. The number of hydrogen-bond donors (Lipinski definition) is 3. The molecule has 0 aromatic rings. The van der Waals surface area contributed by atoms with E-state index in [0.29, 0.717) is 19.5 Å². The summed E-state index contributed by atoms with van der Waals surface area (Å²) >= 11 is 1.05. The third-order valence-electron chi connectivity index (χ3n) is 2.24. The van der Waals surface area contributed by atoms with Crippen LogP contribution in [-0.4, -0.2) is 65.0 Å². The molecule has 1 unspecified atom stereocenters. The maximum Gasteiger partial charge on any atom is 0.327 e. The molecule has 1 saturated heterocycles. The number of amides is 4. The highest BCUT2D eigenvalue weighted by molar-refractivity contribution is 8.00. The largest absolute Gasteiger partial charge is 0.480 e. The summed E-state index contributed by atoms with van der Waals surface area (Å²) in [6.07, 6.45) is 0.301. The van der Waals surface area contributed by atoms with E-state index in [0.717, 1.165) is 16.7 Å². The summed E-state index contributed by atoms with van der Waals surface area (Å²) in [7, 11) is 0. The molecule has 1 rings (SSSR count). The van der Waals surface area contributed by atoms with Crippen LogP contribution in [-0.2, 0) is 14.4 Å². The first-order valence-electron chi connectivity index (χ1n) is 5.14. The highest BCUT2D eigenvalue weighted by atomic mass is 32.2. The molecule has 0 saturated carbocycles. The van der Waals surface area contributed by atoms with E-state index in [1.165, 1.54) is 0 Å². The zero-order valence-corrected chi connectivity index (χ0v) is 10.2. The van der Waals surface area contributed by atoms with Gasteiger partial charge in [0.1, 0.15) is 6.04 Å². The van der Waals surface area contributed by atoms with Crippen molar-refractivity contribution in [3.63, 3.8) is 0 Å². The Hall–Kier alpha value is -1.77. The Bertz CT molecular complexity index is 362. The van der Waals surface area contributed by atoms with Crippen molar-refractivity contribution in [1.29, 1.82) is 0 Å². The summed E-state index contributed by atoms with van der Waals surface area (Å²) in [6.45, 7) is 0.757. The maximum absolute atomic E-state index is 11.6. The fourth-order valence-corrected chi connectivity index (χ4v) is 2.25. The van der Waals surface area contributed by atoms with E-state index in [4.69, 9.17) is 5.11 Å². The molecule has 9 heteroatoms. The molecule has 100 valence electrons. The lowest BCUT2D eigenvalue weighted by Gasteiger charge is -2.13. The number of imide groups is 1. The molecule has 4 amide bonds. The minimum atomic E-state index is -1.17. The molecule has 1 heterocycles. The number of carbonyl (C=O) groups excluding carboxylic acids is 3. The van der Waals surface area contributed by atoms with Crippen LogP contribution in [0.25, 0.3) is 0 Å². The molecule has 1 fully saturated rings. The number of urea groups is 1. The zero-order valence-electron chi connectivity index (χ0n) is 9.42. The molecular formula is C9H13N3O5S. The molecule has 1 aliphatic rings. The van der Waals surface area contributed by atoms with Crippen LogP contribution in [0.3, 0.4) is 0 Å². The van der Waals surface area contributed by atoms with Gasteiger partial charge in [-0.2, -0.15) is 0 Å². The minimum absolute atomic E-state index is 0.00224. The van der Waals surface area contributed by atoms with Gasteiger partial charge in [-0.25, -0.2) is 9.59 Å². The zero-order chi connectivity index (χ0) is 13.5. The van der Waals surface area contributed by atoms with Crippen molar-refractivity contribution < 1.29 is 24.3 Å². The van der Waals surface area contributed by atoms with Gasteiger partial charge in [0.15, 0.2) is 0 Å². The van der Waals surface area contributed by atoms with Crippen LogP contribution >= 0.6 is 11.8 Å². The van der Waals surface area contributed by atoms with E-state index in [1.54, 1.807) is 0 Å². The first-order chi connectivity index (χ1) is 8.56. The number of carboxylic acid groups (broad SMARTS) is 1. The summed E-state index contributed by atoms with van der Waals surface area (Å²) in [4.78, 5) is 44.6. The number of rotatable bonds is 7. The smallest absolute Gasteiger partial charge is 0.327 e. The van der Waals surface area contributed by atoms with Gasteiger partial charge in [0, 0.05) is 18.8 Å². The Labute approximate surface area is 107 Å². The van der Waals surface area contributed by atoms with E-state index in [-0.39, 0.29) is 17.4 Å². The average Bonchev–Trinajstić information content (AvgIpc) is 2.74. The molecule has 0 aromatic heterocycles. The molecule has 0 bridgehead atoms. The number of nitrogens with one attached hydrogen (secondary N) is 2. The van der Waals surface area contributed by atoms with Crippen LogP contribution in [0.1, 0.15) is 0 Å². The summed E-state index contributed by atoms with van der Waals surface area (Å²) in [5.74, 6) is -1.47. The SMILES string of the molecule is O=CNC(CSCC(=O)N1CCNC1=O)C(=O)O. The van der Waals surface area contributed by atoms with Crippen molar-refractivity contribution in [2.24, 2.45) is 0 Å². The number of aliphatic carboxylic acids is 1. The highest BCUT2D eigenvalue weighted by Gasteiger charge is 2.26. The van der Waals surface area contributed by atoms with Crippen molar-refractivity contribution in [3.05, 3.63) is 0 Å². The van der Waals surface area contributed by atoms with Crippen LogP contribution < -0.4 is 10.6 Å². The molecule has 1 atom stereocenters. The monoisotopic (exact) mass is 275 g/mol. The van der Waals surface area contributed by atoms with E-state index in [1.807, 2.05) is 0 Å². The molecule has 18 heavy (non-hydrogen) atoms. The molecule has 0 aliphatic carbocycles. The third-order valence-corrected chi connectivity index (χ3v) is 3.26. The van der Waals surface area contributed by atoms with Crippen molar-refractivity contribution in [3.8, 4) is 0 Å². The number of hydrogen-bond acceptors (Lipinski definition) is 5. The van der Waals surface area contributed by atoms with Gasteiger partial charge in [0.05, 0.1) is 5.75 Å². The Kier molecular flexibility index (Phi) is 5.43. The number of thioether (sulfide) groups is 1. The van der Waals surface area contributed by atoms with Gasteiger partial charge in [0.25, 0.3) is 0 Å². The second-order valence-corrected chi connectivity index (χ2v) is 4.50. The van der Waals surface area contributed by atoms with Gasteiger partial charge in [-0.05, 0) is 0 Å². The van der Waals surface area contributed by atoms with Gasteiger partial charge in [-0.15, -0.1) is 11.8 Å². The van der Waals surface area contributed by atoms with Crippen molar-refractivity contribution >= 4 is 36.1 Å². The molecule has 0 aromatic carbocycles. The topological polar surface area (TPSA) is 116 Å². The Morgan fingerprint density at radius 3 is 2.83 bits per heavy atom. The van der Waals surface area contributed by atoms with Crippen LogP contribution in [0.2, 0.25) is 0 Å². The lowest BCUT2D eigenvalue weighted by molar-refractivity contribution is -0.139. The first kappa shape index (κ1) is 14.3. The summed E-state index contributed by atoms with van der Waals surface area (Å²) < 4.78 is 0. The fourth-order valence-electron chi connectivity index (χ4n) is 1.32. The van der Waals surface area contributed by atoms with Gasteiger partial charge in [-0.1, -0.05) is 0 Å². The normalized spacial score (nSPS) is 16.0. The second kappa shape index (κ2) is 6.84. The Balaban J connectivity index is 2.31. The first-order valence-corrected chi connectivity index (χ1v) is 6.30. The van der Waals surface area contributed by atoms with Gasteiger partial charge in [0.2, 0.25) is 12.3 Å². The number of nitrogens with zero attached hydrogens (tertiary/aromatic N) is 1. The summed E-state index contributed by atoms with van der Waals surface area (Å²) in [5.41, 5.74) is 0. The van der Waals surface area contributed by atoms with Crippen molar-refractivity contribution in [2.45, 2.75) is 6.04 Å². The number of carboxylic acids is 1. The second-order valence-electron chi connectivity index (χ2n) is 3.47. The predicted molar refractivity (Wildman–Crippen MR) is 63.1 cm³/mol. The highest BCUT2D eigenvalue weighted by Crippen LogP contribution is 2.07. The summed E-state index contributed by atoms with van der Waals surface area (Å²) in [5, 5.41) is 13.4. The number of carbonyl (C=O) groups is 4. The third kappa shape index (κ3) is 3.91. The van der Waals surface area contributed by atoms with E-state index in [2.05, 4.69) is 10.6 Å². The summed E-state index contributed by atoms with van der Waals surface area (Å²) in [6, 6.07) is -1.46. The fraction of sp³-hybridized carbons (Fsp3) is 0.556. The Morgan fingerprint density at radius 1 is 1.61 bits per heavy atom. The quantitative estimate of drug-likeness (QED) is 0.485. The average molecular weight is 275 g/mol. The van der Waals surface area contributed by atoms with Crippen molar-refractivity contribution in [2.75, 3.05) is 24.6 Å². The van der Waals surface area contributed by atoms with E-state index in [9.17, 15) is 19.2 Å². The molecule has 1 aliphatic heterocycles. The van der Waals surface area contributed by atoms with E-state index >= 15 is 0 Å². The van der Waals surface area contributed by atoms with Gasteiger partial charge in [-0.3, -0.25) is 14.5 Å². The van der Waals surface area contributed by atoms with Crippen LogP contribution in [0.4, 0.5) is 4.79 Å². The van der Waals surface area contributed by atoms with Gasteiger partial charge < -0.3 is 15.7 Å². The van der Waals surface area contributed by atoms with Crippen LogP contribution in [0.5, 0.6) is 0 Å². The lowest BCUT2D eigenvalue weighted by atomic mass is 10.3.